The lowest BCUT2D eigenvalue weighted by Gasteiger charge is -2.26. The number of aliphatic hydroxyl groups is 1. The van der Waals surface area contributed by atoms with E-state index in [1.807, 2.05) is 25.1 Å². The van der Waals surface area contributed by atoms with Gasteiger partial charge in [-0.3, -0.25) is 0 Å². The third-order valence-corrected chi connectivity index (χ3v) is 3.79. The molecule has 1 aliphatic rings. The summed E-state index contributed by atoms with van der Waals surface area (Å²) in [5.41, 5.74) is 0.421. The highest BCUT2D eigenvalue weighted by molar-refractivity contribution is 5.28. The van der Waals surface area contributed by atoms with Crippen molar-refractivity contribution >= 4 is 0 Å². The molecule has 0 saturated carbocycles. The fourth-order valence-corrected chi connectivity index (χ4v) is 2.39. The standard InChI is InChI=1S/C16H25NO3/c1-3-8-20-15-6-4-5-14(10-15)11-17-12-16(18)7-9-19-13(16)2/h4-6,10,13,17-18H,3,7-9,11-12H2,1-2H3. The zero-order chi connectivity index (χ0) is 14.4. The molecular weight excluding hydrogens is 254 g/mol. The Bertz CT molecular complexity index is 424. The Morgan fingerprint density at radius 2 is 2.35 bits per heavy atom. The van der Waals surface area contributed by atoms with Gasteiger partial charge in [0.1, 0.15) is 11.4 Å². The van der Waals surface area contributed by atoms with Gasteiger partial charge in [0.15, 0.2) is 0 Å². The highest BCUT2D eigenvalue weighted by Gasteiger charge is 2.38. The van der Waals surface area contributed by atoms with Gasteiger partial charge in [0.05, 0.1) is 12.7 Å². The normalized spacial score (nSPS) is 25.9. The summed E-state index contributed by atoms with van der Waals surface area (Å²) in [6.07, 6.45) is 1.60. The molecule has 0 bridgehead atoms. The molecule has 0 spiro atoms. The summed E-state index contributed by atoms with van der Waals surface area (Å²) in [5, 5.41) is 13.7. The molecule has 1 heterocycles. The van der Waals surface area contributed by atoms with E-state index in [4.69, 9.17) is 9.47 Å². The Hall–Kier alpha value is -1.10. The predicted molar refractivity (Wildman–Crippen MR) is 78.9 cm³/mol. The summed E-state index contributed by atoms with van der Waals surface area (Å²) in [4.78, 5) is 0. The van der Waals surface area contributed by atoms with Crippen LogP contribution in [0.2, 0.25) is 0 Å². The van der Waals surface area contributed by atoms with Crippen molar-refractivity contribution < 1.29 is 14.6 Å². The van der Waals surface area contributed by atoms with Crippen LogP contribution in [-0.4, -0.2) is 36.6 Å². The van der Waals surface area contributed by atoms with Gasteiger partial charge in [-0.2, -0.15) is 0 Å². The van der Waals surface area contributed by atoms with Crippen LogP contribution in [0.1, 0.15) is 32.3 Å². The van der Waals surface area contributed by atoms with E-state index >= 15 is 0 Å². The second kappa shape index (κ2) is 7.07. The molecule has 20 heavy (non-hydrogen) atoms. The van der Waals surface area contributed by atoms with Crippen LogP contribution in [-0.2, 0) is 11.3 Å². The highest BCUT2D eigenvalue weighted by atomic mass is 16.5. The second-order valence-electron chi connectivity index (χ2n) is 5.47. The molecule has 4 nitrogen and oxygen atoms in total. The molecule has 4 heteroatoms. The maximum absolute atomic E-state index is 10.4. The van der Waals surface area contributed by atoms with Crippen molar-refractivity contribution in [1.29, 1.82) is 0 Å². The number of ether oxygens (including phenoxy) is 2. The fraction of sp³-hybridized carbons (Fsp3) is 0.625. The second-order valence-corrected chi connectivity index (χ2v) is 5.47. The lowest BCUT2D eigenvalue weighted by Crippen LogP contribution is -2.45. The van der Waals surface area contributed by atoms with Crippen molar-refractivity contribution in [3.63, 3.8) is 0 Å². The van der Waals surface area contributed by atoms with Crippen molar-refractivity contribution in [2.75, 3.05) is 19.8 Å². The Kier molecular flexibility index (Phi) is 5.40. The molecule has 112 valence electrons. The van der Waals surface area contributed by atoms with Crippen molar-refractivity contribution in [1.82, 2.24) is 5.32 Å². The third-order valence-electron chi connectivity index (χ3n) is 3.79. The van der Waals surface area contributed by atoms with E-state index in [1.165, 1.54) is 0 Å². The summed E-state index contributed by atoms with van der Waals surface area (Å²) in [6.45, 7) is 6.67. The molecule has 2 rings (SSSR count). The molecule has 1 fully saturated rings. The van der Waals surface area contributed by atoms with Crippen LogP contribution < -0.4 is 10.1 Å². The first-order chi connectivity index (χ1) is 9.64. The minimum Gasteiger partial charge on any atom is -0.494 e. The van der Waals surface area contributed by atoms with Gasteiger partial charge < -0.3 is 19.9 Å². The van der Waals surface area contributed by atoms with E-state index in [0.717, 1.165) is 30.9 Å². The van der Waals surface area contributed by atoms with Crippen molar-refractivity contribution in [3.05, 3.63) is 29.8 Å². The van der Waals surface area contributed by atoms with E-state index in [2.05, 4.69) is 18.3 Å². The minimum absolute atomic E-state index is 0.103. The van der Waals surface area contributed by atoms with E-state index < -0.39 is 5.60 Å². The maximum atomic E-state index is 10.4. The van der Waals surface area contributed by atoms with Gasteiger partial charge >= 0.3 is 0 Å². The summed E-state index contributed by atoms with van der Waals surface area (Å²) in [5.74, 6) is 0.905. The topological polar surface area (TPSA) is 50.7 Å². The number of nitrogens with one attached hydrogen (secondary N) is 1. The van der Waals surface area contributed by atoms with Gasteiger partial charge in [0.25, 0.3) is 0 Å². The first-order valence-electron chi connectivity index (χ1n) is 7.40. The smallest absolute Gasteiger partial charge is 0.119 e. The largest absolute Gasteiger partial charge is 0.494 e. The fourth-order valence-electron chi connectivity index (χ4n) is 2.39. The van der Waals surface area contributed by atoms with Crippen molar-refractivity contribution in [3.8, 4) is 5.75 Å². The SMILES string of the molecule is CCCOc1cccc(CNCC2(O)CCOC2C)c1. The average molecular weight is 279 g/mol. The van der Waals surface area contributed by atoms with Crippen LogP contribution in [0, 0.1) is 0 Å². The molecule has 0 radical (unpaired) electrons. The van der Waals surface area contributed by atoms with Crippen LogP contribution in [0.15, 0.2) is 24.3 Å². The van der Waals surface area contributed by atoms with E-state index in [0.29, 0.717) is 19.6 Å². The minimum atomic E-state index is -0.740. The Balaban J connectivity index is 1.81. The van der Waals surface area contributed by atoms with Gasteiger partial charge in [-0.25, -0.2) is 0 Å². The number of rotatable bonds is 7. The number of hydrogen-bond acceptors (Lipinski definition) is 4. The van der Waals surface area contributed by atoms with Crippen molar-refractivity contribution in [2.24, 2.45) is 0 Å². The molecule has 2 atom stereocenters. The monoisotopic (exact) mass is 279 g/mol. The van der Waals surface area contributed by atoms with Crippen LogP contribution >= 0.6 is 0 Å². The van der Waals surface area contributed by atoms with Gasteiger partial charge in [-0.15, -0.1) is 0 Å². The predicted octanol–water partition coefficient (Wildman–Crippen LogP) is 2.10. The molecule has 2 unspecified atom stereocenters. The Morgan fingerprint density at radius 3 is 3.05 bits per heavy atom. The molecule has 1 aromatic carbocycles. The third kappa shape index (κ3) is 3.95. The molecular formula is C16H25NO3. The summed E-state index contributed by atoms with van der Waals surface area (Å²) < 4.78 is 11.0. The summed E-state index contributed by atoms with van der Waals surface area (Å²) in [6, 6.07) is 8.07. The summed E-state index contributed by atoms with van der Waals surface area (Å²) >= 11 is 0. The van der Waals surface area contributed by atoms with E-state index in [9.17, 15) is 5.11 Å². The molecule has 1 saturated heterocycles. The van der Waals surface area contributed by atoms with E-state index in [-0.39, 0.29) is 6.10 Å². The molecule has 0 aromatic heterocycles. The van der Waals surface area contributed by atoms with Gasteiger partial charge in [-0.05, 0) is 31.0 Å². The zero-order valence-electron chi connectivity index (χ0n) is 12.4. The maximum Gasteiger partial charge on any atom is 0.119 e. The Labute approximate surface area is 121 Å². The van der Waals surface area contributed by atoms with Crippen molar-refractivity contribution in [2.45, 2.75) is 44.9 Å². The van der Waals surface area contributed by atoms with Crippen LogP contribution in [0.5, 0.6) is 5.75 Å². The molecule has 0 aliphatic carbocycles. The number of hydrogen-bond donors (Lipinski definition) is 2. The van der Waals surface area contributed by atoms with Crippen LogP contribution in [0.25, 0.3) is 0 Å². The highest BCUT2D eigenvalue weighted by Crippen LogP contribution is 2.24. The quantitative estimate of drug-likeness (QED) is 0.802. The molecule has 2 N–H and O–H groups in total. The zero-order valence-corrected chi connectivity index (χ0v) is 12.4. The Morgan fingerprint density at radius 1 is 1.50 bits per heavy atom. The van der Waals surface area contributed by atoms with Gasteiger partial charge in [0, 0.05) is 26.1 Å². The molecule has 1 aliphatic heterocycles. The number of benzene rings is 1. The molecule has 1 aromatic rings. The van der Waals surface area contributed by atoms with Gasteiger partial charge in [0.2, 0.25) is 0 Å². The van der Waals surface area contributed by atoms with Gasteiger partial charge in [-0.1, -0.05) is 19.1 Å². The average Bonchev–Trinajstić information content (AvgIpc) is 2.77. The summed E-state index contributed by atoms with van der Waals surface area (Å²) in [7, 11) is 0. The van der Waals surface area contributed by atoms with Crippen LogP contribution in [0.4, 0.5) is 0 Å². The first-order valence-corrected chi connectivity index (χ1v) is 7.40. The first kappa shape index (κ1) is 15.3. The molecule has 0 amide bonds. The lowest BCUT2D eigenvalue weighted by atomic mass is 9.96. The lowest BCUT2D eigenvalue weighted by molar-refractivity contribution is -0.0262. The van der Waals surface area contributed by atoms with E-state index in [1.54, 1.807) is 0 Å². The van der Waals surface area contributed by atoms with Crippen LogP contribution in [0.3, 0.4) is 0 Å².